The van der Waals surface area contributed by atoms with Crippen LogP contribution < -0.4 is 0 Å². The molecule has 2 aromatic carbocycles. The molecule has 182 valence electrons. The number of halogens is 3. The van der Waals surface area contributed by atoms with E-state index in [0.29, 0.717) is 36.3 Å². The zero-order valence-electron chi connectivity index (χ0n) is 19.1. The monoisotopic (exact) mass is 484 g/mol. The number of Topliss-reactive ketones (excluding diaryl/α,β-unsaturated/α-hetero) is 1. The summed E-state index contributed by atoms with van der Waals surface area (Å²) >= 11 is 0. The third kappa shape index (κ3) is 5.23. The van der Waals surface area contributed by atoms with Gasteiger partial charge in [-0.3, -0.25) is 14.7 Å². The van der Waals surface area contributed by atoms with E-state index in [0.717, 1.165) is 40.9 Å². The number of rotatable bonds is 3. The van der Waals surface area contributed by atoms with E-state index in [1.165, 1.54) is 19.1 Å². The molecule has 4 aromatic rings. The van der Waals surface area contributed by atoms with E-state index < -0.39 is 11.7 Å². The number of alkyl halides is 3. The maximum atomic E-state index is 12.7. The number of amides is 1. The van der Waals surface area contributed by atoms with Crippen LogP contribution >= 0.6 is 0 Å². The van der Waals surface area contributed by atoms with Crippen LogP contribution in [0.4, 0.5) is 13.2 Å². The van der Waals surface area contributed by atoms with Gasteiger partial charge in [0, 0.05) is 24.6 Å². The largest absolute Gasteiger partial charge is 0.416 e. The summed E-state index contributed by atoms with van der Waals surface area (Å²) in [6, 6.07) is 10.5. The van der Waals surface area contributed by atoms with Gasteiger partial charge in [0.1, 0.15) is 16.7 Å². The Labute approximate surface area is 198 Å². The van der Waals surface area contributed by atoms with Gasteiger partial charge in [-0.05, 0) is 48.7 Å². The van der Waals surface area contributed by atoms with Crippen molar-refractivity contribution in [1.29, 1.82) is 0 Å². The minimum atomic E-state index is -4.22. The van der Waals surface area contributed by atoms with Crippen molar-refractivity contribution >= 4 is 22.7 Å². The quantitative estimate of drug-likeness (QED) is 0.421. The summed E-state index contributed by atoms with van der Waals surface area (Å²) in [4.78, 5) is 26.0. The fraction of sp³-hybridized carbons (Fsp3) is 0.292. The summed E-state index contributed by atoms with van der Waals surface area (Å²) in [5.74, 6) is -0.127. The minimum absolute atomic E-state index is 0.0567. The van der Waals surface area contributed by atoms with Crippen molar-refractivity contribution in [3.63, 3.8) is 0 Å². The summed E-state index contributed by atoms with van der Waals surface area (Å²) in [6.45, 7) is 4.39. The number of ketones is 1. The van der Waals surface area contributed by atoms with Crippen LogP contribution in [0, 0.1) is 0 Å². The highest BCUT2D eigenvalue weighted by molar-refractivity contribution is 5.97. The van der Waals surface area contributed by atoms with Crippen LogP contribution in [-0.4, -0.2) is 48.7 Å². The summed E-state index contributed by atoms with van der Waals surface area (Å²) in [6.07, 6.45) is -2.83. The molecule has 0 saturated carbocycles. The first-order valence-corrected chi connectivity index (χ1v) is 11.0. The van der Waals surface area contributed by atoms with E-state index in [1.54, 1.807) is 23.1 Å². The zero-order valence-corrected chi connectivity index (χ0v) is 19.1. The fourth-order valence-electron chi connectivity index (χ4n) is 3.87. The van der Waals surface area contributed by atoms with Gasteiger partial charge in [-0.15, -0.1) is 0 Å². The van der Waals surface area contributed by atoms with Crippen molar-refractivity contribution < 1.29 is 22.8 Å². The number of aromatic nitrogens is 5. The molecule has 1 aliphatic heterocycles. The number of aromatic amines is 2. The number of H-pyrrole nitrogens is 2. The Kier molecular flexibility index (Phi) is 6.68. The highest BCUT2D eigenvalue weighted by atomic mass is 19.4. The number of carbonyl (C=O) groups is 2. The van der Waals surface area contributed by atoms with Crippen LogP contribution in [0.15, 0.2) is 42.5 Å². The van der Waals surface area contributed by atoms with Crippen molar-refractivity contribution in [1.82, 2.24) is 30.5 Å². The third-order valence-corrected chi connectivity index (χ3v) is 5.81. The number of hydrogen-bond donors (Lipinski definition) is 2. The van der Waals surface area contributed by atoms with E-state index in [1.807, 2.05) is 6.92 Å². The molecular formula is C24H23F3N6O2. The number of nitrogens with zero attached hydrogens (tertiary/aromatic N) is 4. The fourth-order valence-corrected chi connectivity index (χ4v) is 3.87. The molecule has 35 heavy (non-hydrogen) atoms. The molecule has 0 spiro atoms. The molecule has 0 fully saturated rings. The highest BCUT2D eigenvalue weighted by Gasteiger charge is 2.30. The lowest BCUT2D eigenvalue weighted by Gasteiger charge is -2.26. The number of fused-ring (bicyclic) bond motifs is 2. The number of aryl methyl sites for hydroxylation is 1. The molecule has 1 aliphatic rings. The average molecular weight is 484 g/mol. The minimum Gasteiger partial charge on any atom is -0.332 e. The number of hydrogen-bond acceptors (Lipinski definition) is 5. The van der Waals surface area contributed by atoms with Crippen molar-refractivity contribution in [3.8, 4) is 0 Å². The Bertz CT molecular complexity index is 1360. The lowest BCUT2D eigenvalue weighted by atomic mass is 10.0. The number of nitrogens with one attached hydrogen (secondary N) is 2. The Morgan fingerprint density at radius 2 is 1.74 bits per heavy atom. The van der Waals surface area contributed by atoms with Crippen LogP contribution in [0.2, 0.25) is 0 Å². The van der Waals surface area contributed by atoms with Gasteiger partial charge < -0.3 is 4.90 Å². The van der Waals surface area contributed by atoms with E-state index in [4.69, 9.17) is 0 Å². The molecule has 3 heterocycles. The predicted octanol–water partition coefficient (Wildman–Crippen LogP) is 4.35. The maximum absolute atomic E-state index is 12.7. The van der Waals surface area contributed by atoms with Gasteiger partial charge in [0.25, 0.3) is 5.91 Å². The van der Waals surface area contributed by atoms with E-state index in [9.17, 15) is 22.8 Å². The van der Waals surface area contributed by atoms with Crippen molar-refractivity contribution in [2.75, 3.05) is 6.54 Å². The Morgan fingerprint density at radius 3 is 2.40 bits per heavy atom. The molecule has 0 atom stereocenters. The third-order valence-electron chi connectivity index (χ3n) is 5.81. The second-order valence-electron chi connectivity index (χ2n) is 8.14. The second-order valence-corrected chi connectivity index (χ2v) is 8.14. The molecule has 0 radical (unpaired) electrons. The van der Waals surface area contributed by atoms with Gasteiger partial charge in [-0.1, -0.05) is 19.1 Å². The standard InChI is InChI=1S/C15H14N6O2.C9H9F3/c1-8(22)14-10-4-5-21(7-13(10)16-19-14)15(23)9-2-3-11-12(6-9)18-20-17-11;1-2-7-3-5-8(6-4-7)9(10,11)12/h2-3,6H,4-5,7H2,1H3,(H,16,19)(H,17,18,20);3-6H,2H2,1H3. The van der Waals surface area contributed by atoms with Crippen LogP contribution in [0.5, 0.6) is 0 Å². The Hall–Kier alpha value is -4.02. The van der Waals surface area contributed by atoms with Crippen LogP contribution in [0.25, 0.3) is 11.0 Å². The topological polar surface area (TPSA) is 108 Å². The molecule has 11 heteroatoms. The molecular weight excluding hydrogens is 461 g/mol. The van der Waals surface area contributed by atoms with Gasteiger partial charge >= 0.3 is 6.18 Å². The van der Waals surface area contributed by atoms with Gasteiger partial charge in [0.05, 0.1) is 17.8 Å². The van der Waals surface area contributed by atoms with Crippen LogP contribution in [-0.2, 0) is 25.6 Å². The first kappa shape index (κ1) is 24.1. The smallest absolute Gasteiger partial charge is 0.332 e. The van der Waals surface area contributed by atoms with Crippen LogP contribution in [0.1, 0.15) is 57.1 Å². The van der Waals surface area contributed by atoms with Gasteiger partial charge in [0.15, 0.2) is 5.78 Å². The van der Waals surface area contributed by atoms with Crippen molar-refractivity contribution in [3.05, 3.63) is 76.1 Å². The average Bonchev–Trinajstić information content (AvgIpc) is 3.49. The summed E-state index contributed by atoms with van der Waals surface area (Å²) < 4.78 is 36.1. The van der Waals surface area contributed by atoms with Crippen molar-refractivity contribution in [2.24, 2.45) is 0 Å². The second kappa shape index (κ2) is 9.69. The number of carbonyl (C=O) groups excluding carboxylic acids is 2. The van der Waals surface area contributed by atoms with E-state index >= 15 is 0 Å². The lowest BCUT2D eigenvalue weighted by molar-refractivity contribution is -0.137. The highest BCUT2D eigenvalue weighted by Crippen LogP contribution is 2.29. The molecule has 5 rings (SSSR count). The molecule has 0 bridgehead atoms. The number of benzene rings is 2. The van der Waals surface area contributed by atoms with Gasteiger partial charge in [-0.2, -0.15) is 33.7 Å². The van der Waals surface area contributed by atoms with Crippen molar-refractivity contribution in [2.45, 2.75) is 39.4 Å². The Morgan fingerprint density at radius 1 is 1.03 bits per heavy atom. The summed E-state index contributed by atoms with van der Waals surface area (Å²) in [5, 5.41) is 17.5. The molecule has 0 unspecified atom stereocenters. The summed E-state index contributed by atoms with van der Waals surface area (Å²) in [7, 11) is 0. The SMILES string of the molecule is CC(=O)c1n[nH]c2c1CCN(C(=O)c1ccc3n[nH]nc3c1)C2.CCc1ccc(C(F)(F)F)cc1. The lowest BCUT2D eigenvalue weighted by Crippen LogP contribution is -2.36. The van der Waals surface area contributed by atoms with Crippen LogP contribution in [0.3, 0.4) is 0 Å². The molecule has 2 aromatic heterocycles. The first-order chi connectivity index (χ1) is 16.7. The molecule has 8 nitrogen and oxygen atoms in total. The van der Waals surface area contributed by atoms with E-state index in [2.05, 4.69) is 25.6 Å². The molecule has 2 N–H and O–H groups in total. The zero-order chi connectivity index (χ0) is 25.2. The first-order valence-electron chi connectivity index (χ1n) is 11.0. The maximum Gasteiger partial charge on any atom is 0.416 e. The molecule has 0 saturated heterocycles. The van der Waals surface area contributed by atoms with E-state index in [-0.39, 0.29) is 11.7 Å². The molecule has 0 aliphatic carbocycles. The predicted molar refractivity (Wildman–Crippen MR) is 122 cm³/mol. The Balaban J connectivity index is 0.000000204. The van der Waals surface area contributed by atoms with Gasteiger partial charge in [0.2, 0.25) is 0 Å². The van der Waals surface area contributed by atoms with Gasteiger partial charge in [-0.25, -0.2) is 0 Å². The normalized spacial score (nSPS) is 13.2. The summed E-state index contributed by atoms with van der Waals surface area (Å²) in [5.41, 5.74) is 4.53. The molecule has 1 amide bonds.